The van der Waals surface area contributed by atoms with E-state index in [1.54, 1.807) is 0 Å². The van der Waals surface area contributed by atoms with Crippen molar-refractivity contribution >= 4 is 16.2 Å². The molecule has 1 rings (SSSR count). The van der Waals surface area contributed by atoms with Gasteiger partial charge in [-0.1, -0.05) is 0 Å². The summed E-state index contributed by atoms with van der Waals surface area (Å²) < 4.78 is 35.5. The summed E-state index contributed by atoms with van der Waals surface area (Å²) in [5, 5.41) is 37.7. The van der Waals surface area contributed by atoms with Crippen LogP contribution in [0.4, 0.5) is 0 Å². The lowest BCUT2D eigenvalue weighted by Crippen LogP contribution is -2.65. The summed E-state index contributed by atoms with van der Waals surface area (Å²) in [5.41, 5.74) is 0. The van der Waals surface area contributed by atoms with Crippen LogP contribution < -0.4 is 0 Å². The minimum atomic E-state index is -5.07. The molecule has 1 unspecified atom stereocenters. The van der Waals surface area contributed by atoms with Gasteiger partial charge >= 0.3 is 10.3 Å². The molecule has 1 aliphatic heterocycles. The third-order valence-corrected chi connectivity index (χ3v) is 3.69. The molecule has 0 radical (unpaired) electrons. The minimum absolute atomic E-state index is 0.195. The van der Waals surface area contributed by atoms with E-state index in [1.165, 1.54) is 0 Å². The van der Waals surface area contributed by atoms with E-state index in [4.69, 9.17) is 9.66 Å². The van der Waals surface area contributed by atoms with Gasteiger partial charge in [0.1, 0.15) is 24.4 Å². The van der Waals surface area contributed by atoms with Gasteiger partial charge in [-0.25, -0.2) is 4.31 Å². The van der Waals surface area contributed by atoms with E-state index >= 15 is 0 Å². The first kappa shape index (κ1) is 16.2. The van der Waals surface area contributed by atoms with Gasteiger partial charge in [-0.3, -0.25) is 9.35 Å². The standard InChI is InChI=1S/C8H15NO9S/c1-3(11)9(19(15,16)17)5-7(13)6(12)4(2-10)18-8(5)14/h4-8,10,12-14H,2H2,1H3,(H,15,16,17)/t4-,5-,6-,7-,8?/m1/s1. The molecular formula is C8H15NO9S. The molecule has 19 heavy (non-hydrogen) atoms. The van der Waals surface area contributed by atoms with E-state index in [9.17, 15) is 28.5 Å². The highest BCUT2D eigenvalue weighted by Crippen LogP contribution is 2.25. The van der Waals surface area contributed by atoms with Crippen molar-refractivity contribution in [2.75, 3.05) is 6.61 Å². The van der Waals surface area contributed by atoms with Crippen molar-refractivity contribution in [3.63, 3.8) is 0 Å². The van der Waals surface area contributed by atoms with Crippen molar-refractivity contribution in [2.45, 2.75) is 37.6 Å². The first-order chi connectivity index (χ1) is 8.61. The summed E-state index contributed by atoms with van der Waals surface area (Å²) in [7, 11) is -5.07. The smallest absolute Gasteiger partial charge is 0.362 e. The number of hydrogen-bond acceptors (Lipinski definition) is 8. The number of rotatable bonds is 3. The highest BCUT2D eigenvalue weighted by Gasteiger charge is 2.50. The third kappa shape index (κ3) is 3.20. The molecule has 1 saturated heterocycles. The number of ether oxygens (including phenoxy) is 1. The summed E-state index contributed by atoms with van der Waals surface area (Å²) in [6, 6.07) is -1.93. The van der Waals surface area contributed by atoms with Crippen molar-refractivity contribution in [1.82, 2.24) is 4.31 Å². The van der Waals surface area contributed by atoms with Crippen molar-refractivity contribution in [3.8, 4) is 0 Å². The Bertz CT molecular complexity index is 438. The SMILES string of the molecule is CC(=O)N([C@H]1C(O)O[C@H](CO)[C@@H](O)[C@@H]1O)S(=O)(=O)O. The minimum Gasteiger partial charge on any atom is -0.394 e. The predicted octanol–water partition coefficient (Wildman–Crippen LogP) is -3.56. The summed E-state index contributed by atoms with van der Waals surface area (Å²) in [5.74, 6) is -1.19. The molecular weight excluding hydrogens is 286 g/mol. The van der Waals surface area contributed by atoms with Crippen molar-refractivity contribution in [2.24, 2.45) is 0 Å². The highest BCUT2D eigenvalue weighted by atomic mass is 32.2. The largest absolute Gasteiger partial charge is 0.394 e. The van der Waals surface area contributed by atoms with E-state index in [0.717, 1.165) is 6.92 Å². The Hall–Kier alpha value is -0.820. The van der Waals surface area contributed by atoms with E-state index in [2.05, 4.69) is 4.74 Å². The van der Waals surface area contributed by atoms with Gasteiger partial charge in [-0.05, 0) is 0 Å². The molecule has 1 heterocycles. The number of hydrogen-bond donors (Lipinski definition) is 5. The monoisotopic (exact) mass is 301 g/mol. The molecule has 1 fully saturated rings. The molecule has 112 valence electrons. The lowest BCUT2D eigenvalue weighted by molar-refractivity contribution is -0.263. The van der Waals surface area contributed by atoms with Crippen molar-refractivity contribution < 1.29 is 42.9 Å². The summed E-state index contributed by atoms with van der Waals surface area (Å²) >= 11 is 0. The van der Waals surface area contributed by atoms with Crippen LogP contribution in [0, 0.1) is 0 Å². The van der Waals surface area contributed by atoms with E-state index in [1.807, 2.05) is 0 Å². The fourth-order valence-electron chi connectivity index (χ4n) is 1.86. The Morgan fingerprint density at radius 2 is 1.79 bits per heavy atom. The summed E-state index contributed by atoms with van der Waals surface area (Å²) in [6.45, 7) is 0.0334. The zero-order chi connectivity index (χ0) is 15.0. The number of aliphatic hydroxyl groups excluding tert-OH is 4. The van der Waals surface area contributed by atoms with Crippen LogP contribution in [-0.2, 0) is 19.8 Å². The van der Waals surface area contributed by atoms with Crippen LogP contribution in [0.15, 0.2) is 0 Å². The van der Waals surface area contributed by atoms with Crippen molar-refractivity contribution in [1.29, 1.82) is 0 Å². The van der Waals surface area contributed by atoms with Crippen LogP contribution in [0.3, 0.4) is 0 Å². The van der Waals surface area contributed by atoms with Crippen molar-refractivity contribution in [3.05, 3.63) is 0 Å². The number of aliphatic hydroxyl groups is 4. The molecule has 0 spiro atoms. The van der Waals surface area contributed by atoms with Gasteiger partial charge in [-0.15, -0.1) is 0 Å². The maximum Gasteiger partial charge on any atom is 0.362 e. The fourth-order valence-corrected chi connectivity index (χ4v) is 2.72. The van der Waals surface area contributed by atoms with Gasteiger partial charge in [0.15, 0.2) is 6.29 Å². The first-order valence-electron chi connectivity index (χ1n) is 5.19. The van der Waals surface area contributed by atoms with Crippen LogP contribution >= 0.6 is 0 Å². The van der Waals surface area contributed by atoms with Gasteiger partial charge in [0.05, 0.1) is 6.61 Å². The van der Waals surface area contributed by atoms with E-state index in [-0.39, 0.29) is 4.31 Å². The number of carbonyl (C=O) groups excluding carboxylic acids is 1. The Morgan fingerprint density at radius 1 is 1.26 bits per heavy atom. The third-order valence-electron chi connectivity index (χ3n) is 2.70. The Labute approximate surface area is 108 Å². The molecule has 0 aromatic carbocycles. The van der Waals surface area contributed by atoms with Gasteiger partial charge in [-0.2, -0.15) is 8.42 Å². The molecule has 0 saturated carbocycles. The second-order valence-corrected chi connectivity index (χ2v) is 5.30. The Morgan fingerprint density at radius 3 is 2.16 bits per heavy atom. The van der Waals surface area contributed by atoms with Gasteiger partial charge in [0, 0.05) is 6.92 Å². The zero-order valence-corrected chi connectivity index (χ0v) is 10.6. The molecule has 0 aliphatic carbocycles. The quantitative estimate of drug-likeness (QED) is 0.331. The number of amides is 1. The first-order valence-corrected chi connectivity index (χ1v) is 6.59. The maximum atomic E-state index is 11.2. The zero-order valence-electron chi connectivity index (χ0n) is 9.82. The van der Waals surface area contributed by atoms with Crippen LogP contribution in [0.2, 0.25) is 0 Å². The number of carbonyl (C=O) groups is 1. The molecule has 0 aromatic rings. The highest BCUT2D eigenvalue weighted by molar-refractivity contribution is 7.84. The summed E-state index contributed by atoms with van der Waals surface area (Å²) in [4.78, 5) is 11.2. The van der Waals surface area contributed by atoms with E-state index < -0.39 is 53.5 Å². The van der Waals surface area contributed by atoms with Crippen LogP contribution in [-0.4, -0.2) is 80.9 Å². The summed E-state index contributed by atoms with van der Waals surface area (Å²) in [6.07, 6.45) is -7.05. The molecule has 10 nitrogen and oxygen atoms in total. The van der Waals surface area contributed by atoms with Gasteiger partial charge in [0.2, 0.25) is 5.91 Å². The van der Waals surface area contributed by atoms with Gasteiger partial charge in [0.25, 0.3) is 0 Å². The van der Waals surface area contributed by atoms with E-state index in [0.29, 0.717) is 0 Å². The van der Waals surface area contributed by atoms with Crippen LogP contribution in [0.5, 0.6) is 0 Å². The predicted molar refractivity (Wildman–Crippen MR) is 57.8 cm³/mol. The number of nitrogens with zero attached hydrogens (tertiary/aromatic N) is 1. The van der Waals surface area contributed by atoms with Crippen LogP contribution in [0.1, 0.15) is 6.92 Å². The molecule has 11 heteroatoms. The molecule has 5 N–H and O–H groups in total. The fraction of sp³-hybridized carbons (Fsp3) is 0.875. The molecule has 5 atom stereocenters. The average molecular weight is 301 g/mol. The Kier molecular flexibility index (Phi) is 4.84. The molecule has 1 aliphatic rings. The molecule has 0 aromatic heterocycles. The lowest BCUT2D eigenvalue weighted by Gasteiger charge is -2.43. The molecule has 1 amide bonds. The second-order valence-electron chi connectivity index (χ2n) is 4.01. The second kappa shape index (κ2) is 5.66. The average Bonchev–Trinajstić information content (AvgIpc) is 2.26. The normalized spacial score (nSPS) is 36.0. The molecule has 0 bridgehead atoms. The van der Waals surface area contributed by atoms with Gasteiger partial charge < -0.3 is 25.2 Å². The maximum absolute atomic E-state index is 11.2. The Balaban J connectivity index is 3.14. The topological polar surface area (TPSA) is 165 Å². The van der Waals surface area contributed by atoms with Crippen LogP contribution in [0.25, 0.3) is 0 Å². The lowest BCUT2D eigenvalue weighted by atomic mass is 9.97.